The Morgan fingerprint density at radius 1 is 0.935 bits per heavy atom. The number of hydrogen-bond acceptors (Lipinski definition) is 3. The van der Waals surface area contributed by atoms with Crippen LogP contribution in [0.2, 0.25) is 0 Å². The molecule has 0 aliphatic rings. The fraction of sp³-hybridized carbons (Fsp3) is 0. The third kappa shape index (κ3) is 3.81. The third-order valence-electron chi connectivity index (χ3n) is 4.97. The number of hydrogen-bond donors (Lipinski definition) is 0. The fourth-order valence-electron chi connectivity index (χ4n) is 3.39. The first-order valence-corrected chi connectivity index (χ1v) is 9.79. The van der Waals surface area contributed by atoms with Crippen molar-refractivity contribution in [1.29, 1.82) is 0 Å². The van der Waals surface area contributed by atoms with Gasteiger partial charge in [-0.05, 0) is 60.7 Å². The molecule has 4 nitrogen and oxygen atoms in total. The molecule has 5 rings (SSSR count). The van der Waals surface area contributed by atoms with E-state index in [1.165, 1.54) is 30.3 Å². The van der Waals surface area contributed by atoms with E-state index in [1.807, 2.05) is 66.9 Å². The number of para-hydroxylation sites is 2. The highest BCUT2D eigenvalue weighted by Gasteiger charge is 2.15. The largest absolute Gasteiger partial charge is 0.454 e. The molecule has 0 N–H and O–H groups in total. The molecule has 0 aliphatic carbocycles. The minimum Gasteiger partial charge on any atom is -0.454 e. The summed E-state index contributed by atoms with van der Waals surface area (Å²) in [7, 11) is 0. The van der Waals surface area contributed by atoms with Gasteiger partial charge in [0.05, 0.1) is 5.69 Å². The Hall–Kier alpha value is -4.25. The summed E-state index contributed by atoms with van der Waals surface area (Å²) in [5.41, 5.74) is 3.44. The summed E-state index contributed by atoms with van der Waals surface area (Å²) in [6, 6.07) is 24.9. The van der Waals surface area contributed by atoms with Crippen molar-refractivity contribution in [2.75, 3.05) is 0 Å². The lowest BCUT2D eigenvalue weighted by Crippen LogP contribution is -1.93. The van der Waals surface area contributed by atoms with Gasteiger partial charge >= 0.3 is 0 Å². The molecule has 2 heterocycles. The number of halogens is 1. The Bertz CT molecular complexity index is 1360. The van der Waals surface area contributed by atoms with Crippen molar-refractivity contribution in [1.82, 2.24) is 9.78 Å². The summed E-state index contributed by atoms with van der Waals surface area (Å²) < 4.78 is 20.9. The van der Waals surface area contributed by atoms with Gasteiger partial charge in [-0.1, -0.05) is 36.4 Å². The van der Waals surface area contributed by atoms with Gasteiger partial charge in [0.1, 0.15) is 17.1 Å². The Morgan fingerprint density at radius 3 is 2.45 bits per heavy atom. The number of carbonyl (C=O) groups is 1. The molecule has 0 fully saturated rings. The topological polar surface area (TPSA) is 48.0 Å². The van der Waals surface area contributed by atoms with Gasteiger partial charge in [0.25, 0.3) is 0 Å². The first kappa shape index (κ1) is 18.8. The highest BCUT2D eigenvalue weighted by molar-refractivity contribution is 6.07. The Labute approximate surface area is 177 Å². The van der Waals surface area contributed by atoms with E-state index in [2.05, 4.69) is 0 Å². The minimum absolute atomic E-state index is 0.219. The smallest absolute Gasteiger partial charge is 0.185 e. The predicted molar refractivity (Wildman–Crippen MR) is 119 cm³/mol. The van der Waals surface area contributed by atoms with Gasteiger partial charge in [-0.25, -0.2) is 9.07 Å². The van der Waals surface area contributed by atoms with Crippen LogP contribution in [0.1, 0.15) is 15.9 Å². The summed E-state index contributed by atoms with van der Waals surface area (Å²) in [5, 5.41) is 5.70. The second-order valence-corrected chi connectivity index (χ2v) is 7.07. The van der Waals surface area contributed by atoms with Crippen molar-refractivity contribution in [3.8, 4) is 17.1 Å². The van der Waals surface area contributed by atoms with Gasteiger partial charge in [0.15, 0.2) is 11.5 Å². The molecule has 0 bridgehead atoms. The van der Waals surface area contributed by atoms with Crippen LogP contribution in [-0.4, -0.2) is 15.6 Å². The van der Waals surface area contributed by atoms with Crippen molar-refractivity contribution >= 4 is 22.8 Å². The number of furan rings is 1. The van der Waals surface area contributed by atoms with E-state index >= 15 is 0 Å². The van der Waals surface area contributed by atoms with E-state index in [9.17, 15) is 9.18 Å². The molecule has 0 spiro atoms. The SMILES string of the molecule is O=C(C=Cc1cn(-c2ccccc2)nc1-c1cc2ccccc2o1)c1ccc(F)cc1. The van der Waals surface area contributed by atoms with Crippen LogP contribution in [0.3, 0.4) is 0 Å². The van der Waals surface area contributed by atoms with E-state index in [0.29, 0.717) is 17.0 Å². The standard InChI is InChI=1S/C26H17FN2O2/c27-21-13-10-18(11-14-21)23(30)15-12-20-17-29(22-7-2-1-3-8-22)28-26(20)25-16-19-6-4-5-9-24(19)31-25/h1-17H. The van der Waals surface area contributed by atoms with Crippen LogP contribution in [0.15, 0.2) is 102 Å². The number of fused-ring (bicyclic) bond motifs is 1. The number of ketones is 1. The van der Waals surface area contributed by atoms with Crippen LogP contribution in [0.25, 0.3) is 34.2 Å². The zero-order chi connectivity index (χ0) is 21.2. The van der Waals surface area contributed by atoms with Crippen molar-refractivity contribution in [3.63, 3.8) is 0 Å². The number of allylic oxidation sites excluding steroid dienone is 1. The second-order valence-electron chi connectivity index (χ2n) is 7.07. The molecule has 150 valence electrons. The number of benzene rings is 3. The van der Waals surface area contributed by atoms with E-state index in [1.54, 1.807) is 10.8 Å². The van der Waals surface area contributed by atoms with Crippen molar-refractivity contribution in [3.05, 3.63) is 114 Å². The molecule has 0 unspecified atom stereocenters. The zero-order valence-corrected chi connectivity index (χ0v) is 16.4. The summed E-state index contributed by atoms with van der Waals surface area (Å²) in [4.78, 5) is 12.5. The highest BCUT2D eigenvalue weighted by atomic mass is 19.1. The first-order chi connectivity index (χ1) is 15.2. The van der Waals surface area contributed by atoms with Crippen molar-refractivity contribution in [2.24, 2.45) is 0 Å². The summed E-state index contributed by atoms with van der Waals surface area (Å²) in [6.07, 6.45) is 5.03. The molecule has 5 aromatic rings. The Balaban J connectivity index is 1.57. The third-order valence-corrected chi connectivity index (χ3v) is 4.97. The molecule has 0 aliphatic heterocycles. The van der Waals surface area contributed by atoms with Gasteiger partial charge in [-0.2, -0.15) is 5.10 Å². The number of carbonyl (C=O) groups excluding carboxylic acids is 1. The number of nitrogens with zero attached hydrogens (tertiary/aromatic N) is 2. The molecule has 31 heavy (non-hydrogen) atoms. The maximum absolute atomic E-state index is 13.1. The number of rotatable bonds is 5. The Morgan fingerprint density at radius 2 is 1.68 bits per heavy atom. The van der Waals surface area contributed by atoms with E-state index in [-0.39, 0.29) is 11.6 Å². The lowest BCUT2D eigenvalue weighted by molar-refractivity contribution is 0.104. The molecular weight excluding hydrogens is 391 g/mol. The van der Waals surface area contributed by atoms with Crippen molar-refractivity contribution < 1.29 is 13.6 Å². The van der Waals surface area contributed by atoms with E-state index < -0.39 is 0 Å². The lowest BCUT2D eigenvalue weighted by Gasteiger charge is -1.98. The van der Waals surface area contributed by atoms with Crippen LogP contribution >= 0.6 is 0 Å². The molecule has 0 saturated heterocycles. The van der Waals surface area contributed by atoms with Gasteiger partial charge in [-0.15, -0.1) is 0 Å². The van der Waals surface area contributed by atoms with Crippen molar-refractivity contribution in [2.45, 2.75) is 0 Å². The second kappa shape index (κ2) is 7.88. The molecule has 0 saturated carbocycles. The van der Waals surface area contributed by atoms with E-state index in [4.69, 9.17) is 9.52 Å². The first-order valence-electron chi connectivity index (χ1n) is 9.79. The van der Waals surface area contributed by atoms with Gasteiger partial charge < -0.3 is 4.42 Å². The minimum atomic E-state index is -0.378. The molecule has 2 aromatic heterocycles. The quantitative estimate of drug-likeness (QED) is 0.252. The van der Waals surface area contributed by atoms with Crippen LogP contribution in [0, 0.1) is 5.82 Å². The molecular formula is C26H17FN2O2. The van der Waals surface area contributed by atoms with Gasteiger partial charge in [-0.3, -0.25) is 4.79 Å². The maximum Gasteiger partial charge on any atom is 0.185 e. The lowest BCUT2D eigenvalue weighted by atomic mass is 10.1. The fourth-order valence-corrected chi connectivity index (χ4v) is 3.39. The molecule has 0 amide bonds. The summed E-state index contributed by atoms with van der Waals surface area (Å²) in [5.74, 6) is 0.0182. The van der Waals surface area contributed by atoms with Crippen LogP contribution in [-0.2, 0) is 0 Å². The maximum atomic E-state index is 13.1. The normalized spacial score (nSPS) is 11.4. The highest BCUT2D eigenvalue weighted by Crippen LogP contribution is 2.30. The molecule has 5 heteroatoms. The van der Waals surface area contributed by atoms with Gasteiger partial charge in [0.2, 0.25) is 0 Å². The Kier molecular flexibility index (Phi) is 4.77. The summed E-state index contributed by atoms with van der Waals surface area (Å²) >= 11 is 0. The molecule has 0 atom stereocenters. The number of aromatic nitrogens is 2. The average Bonchev–Trinajstić information content (AvgIpc) is 3.42. The van der Waals surface area contributed by atoms with Crippen LogP contribution in [0.5, 0.6) is 0 Å². The molecule has 0 radical (unpaired) electrons. The van der Waals surface area contributed by atoms with Gasteiger partial charge in [0, 0.05) is 22.7 Å². The average molecular weight is 408 g/mol. The monoisotopic (exact) mass is 408 g/mol. The van der Waals surface area contributed by atoms with E-state index in [0.717, 1.165) is 22.2 Å². The van der Waals surface area contributed by atoms with Crippen LogP contribution < -0.4 is 0 Å². The van der Waals surface area contributed by atoms with Crippen LogP contribution in [0.4, 0.5) is 4.39 Å². The summed E-state index contributed by atoms with van der Waals surface area (Å²) in [6.45, 7) is 0. The zero-order valence-electron chi connectivity index (χ0n) is 16.4. The molecule has 3 aromatic carbocycles. The predicted octanol–water partition coefficient (Wildman–Crippen LogP) is 6.32.